The molecule has 0 radical (unpaired) electrons. The van der Waals surface area contributed by atoms with Gasteiger partial charge < -0.3 is 10.6 Å². The highest BCUT2D eigenvalue weighted by Gasteiger charge is 2.33. The second-order valence-corrected chi connectivity index (χ2v) is 4.75. The monoisotopic (exact) mass is 294 g/mol. The first-order chi connectivity index (χ1) is 8.97. The number of alkyl halides is 3. The SMILES string of the molecule is CCNc1nc(NCCCSC)cc(C(F)(F)F)n1. The topological polar surface area (TPSA) is 49.8 Å². The van der Waals surface area contributed by atoms with Crippen LogP contribution in [0.25, 0.3) is 0 Å². The van der Waals surface area contributed by atoms with Crippen LogP contribution in [0.1, 0.15) is 19.0 Å². The zero-order valence-electron chi connectivity index (χ0n) is 10.8. The number of aromatic nitrogens is 2. The fourth-order valence-corrected chi connectivity index (χ4v) is 1.79. The van der Waals surface area contributed by atoms with Crippen LogP contribution in [0, 0.1) is 0 Å². The minimum atomic E-state index is -4.47. The summed E-state index contributed by atoms with van der Waals surface area (Å²) < 4.78 is 38.0. The van der Waals surface area contributed by atoms with Crippen LogP contribution in [0.2, 0.25) is 0 Å². The highest BCUT2D eigenvalue weighted by molar-refractivity contribution is 7.98. The predicted octanol–water partition coefficient (Wildman–Crippen LogP) is 3.09. The summed E-state index contributed by atoms with van der Waals surface area (Å²) in [6.45, 7) is 2.82. The van der Waals surface area contributed by atoms with Gasteiger partial charge in [-0.25, -0.2) is 4.98 Å². The minimum Gasteiger partial charge on any atom is -0.370 e. The summed E-state index contributed by atoms with van der Waals surface area (Å²) in [6, 6.07) is 0.930. The van der Waals surface area contributed by atoms with Crippen molar-refractivity contribution in [1.82, 2.24) is 9.97 Å². The molecule has 0 bridgehead atoms. The molecule has 108 valence electrons. The smallest absolute Gasteiger partial charge is 0.370 e. The first kappa shape index (κ1) is 15.9. The molecular formula is C11H17F3N4S. The van der Waals surface area contributed by atoms with Crippen LogP contribution in [0.5, 0.6) is 0 Å². The first-order valence-electron chi connectivity index (χ1n) is 5.90. The normalized spacial score (nSPS) is 11.4. The first-order valence-corrected chi connectivity index (χ1v) is 7.29. The molecule has 1 heterocycles. The molecule has 1 rings (SSSR count). The van der Waals surface area contributed by atoms with Crippen molar-refractivity contribution in [2.75, 3.05) is 35.7 Å². The maximum absolute atomic E-state index is 12.7. The van der Waals surface area contributed by atoms with Gasteiger partial charge in [-0.1, -0.05) is 0 Å². The second-order valence-electron chi connectivity index (χ2n) is 3.76. The van der Waals surface area contributed by atoms with E-state index in [0.29, 0.717) is 13.1 Å². The van der Waals surface area contributed by atoms with Crippen molar-refractivity contribution in [3.63, 3.8) is 0 Å². The molecular weight excluding hydrogens is 277 g/mol. The Morgan fingerprint density at radius 1 is 1.26 bits per heavy atom. The lowest BCUT2D eigenvalue weighted by Crippen LogP contribution is -2.14. The number of rotatable bonds is 7. The summed E-state index contributed by atoms with van der Waals surface area (Å²) in [6.07, 6.45) is -1.62. The van der Waals surface area contributed by atoms with Gasteiger partial charge >= 0.3 is 6.18 Å². The molecule has 8 heteroatoms. The zero-order valence-corrected chi connectivity index (χ0v) is 11.7. The van der Waals surface area contributed by atoms with Crippen LogP contribution >= 0.6 is 11.8 Å². The fraction of sp³-hybridized carbons (Fsp3) is 0.636. The van der Waals surface area contributed by atoms with E-state index < -0.39 is 11.9 Å². The van der Waals surface area contributed by atoms with Crippen molar-refractivity contribution in [3.05, 3.63) is 11.8 Å². The van der Waals surface area contributed by atoms with Crippen LogP contribution < -0.4 is 10.6 Å². The van der Waals surface area contributed by atoms with Gasteiger partial charge in [0.1, 0.15) is 5.82 Å². The third kappa shape index (κ3) is 5.54. The van der Waals surface area contributed by atoms with E-state index in [1.54, 1.807) is 18.7 Å². The molecule has 1 aromatic rings. The molecule has 0 fully saturated rings. The quantitative estimate of drug-likeness (QED) is 0.757. The number of nitrogens with one attached hydrogen (secondary N) is 2. The van der Waals surface area contributed by atoms with Crippen molar-refractivity contribution in [3.8, 4) is 0 Å². The van der Waals surface area contributed by atoms with E-state index in [4.69, 9.17) is 0 Å². The number of anilines is 2. The summed E-state index contributed by atoms with van der Waals surface area (Å²) in [4.78, 5) is 7.44. The molecule has 0 aliphatic rings. The number of hydrogen-bond donors (Lipinski definition) is 2. The van der Waals surface area contributed by atoms with Crippen LogP contribution in [0.3, 0.4) is 0 Å². The van der Waals surface area contributed by atoms with Crippen molar-refractivity contribution in [1.29, 1.82) is 0 Å². The molecule has 0 aliphatic carbocycles. The van der Waals surface area contributed by atoms with Gasteiger partial charge in [-0.15, -0.1) is 0 Å². The zero-order chi connectivity index (χ0) is 14.3. The Bertz CT molecular complexity index is 398. The Morgan fingerprint density at radius 2 is 2.00 bits per heavy atom. The molecule has 0 aliphatic heterocycles. The van der Waals surface area contributed by atoms with E-state index in [-0.39, 0.29) is 11.8 Å². The average Bonchev–Trinajstić information content (AvgIpc) is 2.34. The Morgan fingerprint density at radius 3 is 2.58 bits per heavy atom. The molecule has 19 heavy (non-hydrogen) atoms. The van der Waals surface area contributed by atoms with Gasteiger partial charge in [0.05, 0.1) is 0 Å². The van der Waals surface area contributed by atoms with Crippen molar-refractivity contribution in [2.24, 2.45) is 0 Å². The maximum Gasteiger partial charge on any atom is 0.433 e. The second kappa shape index (κ2) is 7.42. The van der Waals surface area contributed by atoms with E-state index in [1.807, 2.05) is 6.26 Å². The Hall–Kier alpha value is -1.18. The van der Waals surface area contributed by atoms with Crippen molar-refractivity contribution < 1.29 is 13.2 Å². The van der Waals surface area contributed by atoms with Gasteiger partial charge in [-0.05, 0) is 25.4 Å². The Balaban J connectivity index is 2.81. The van der Waals surface area contributed by atoms with Gasteiger partial charge in [-0.2, -0.15) is 29.9 Å². The number of nitrogens with zero attached hydrogens (tertiary/aromatic N) is 2. The fourth-order valence-electron chi connectivity index (χ4n) is 1.35. The lowest BCUT2D eigenvalue weighted by Gasteiger charge is -2.12. The number of halogens is 3. The third-order valence-corrected chi connectivity index (χ3v) is 2.88. The van der Waals surface area contributed by atoms with E-state index in [2.05, 4.69) is 20.6 Å². The summed E-state index contributed by atoms with van der Waals surface area (Å²) in [7, 11) is 0. The highest BCUT2D eigenvalue weighted by Crippen LogP contribution is 2.29. The highest BCUT2D eigenvalue weighted by atomic mass is 32.2. The minimum absolute atomic E-state index is 0.00954. The summed E-state index contributed by atoms with van der Waals surface area (Å²) >= 11 is 1.69. The third-order valence-electron chi connectivity index (χ3n) is 2.18. The van der Waals surface area contributed by atoms with Crippen molar-refractivity contribution in [2.45, 2.75) is 19.5 Å². The van der Waals surface area contributed by atoms with E-state index in [9.17, 15) is 13.2 Å². The molecule has 2 N–H and O–H groups in total. The molecule has 0 spiro atoms. The molecule has 4 nitrogen and oxygen atoms in total. The lowest BCUT2D eigenvalue weighted by atomic mass is 10.3. The standard InChI is InChI=1S/C11H17F3N4S/c1-3-15-10-17-8(11(12,13)14)7-9(18-10)16-5-4-6-19-2/h7H,3-6H2,1-2H3,(H2,15,16,17,18). The Kier molecular flexibility index (Phi) is 6.20. The summed E-state index contributed by atoms with van der Waals surface area (Å²) in [5, 5.41) is 5.58. The van der Waals surface area contributed by atoms with Crippen molar-refractivity contribution >= 4 is 23.5 Å². The van der Waals surface area contributed by atoms with Gasteiger partial charge in [0.25, 0.3) is 0 Å². The van der Waals surface area contributed by atoms with Gasteiger partial charge in [0.15, 0.2) is 5.69 Å². The molecule has 0 saturated heterocycles. The number of thioether (sulfide) groups is 1. The lowest BCUT2D eigenvalue weighted by molar-refractivity contribution is -0.141. The number of hydrogen-bond acceptors (Lipinski definition) is 5. The van der Waals surface area contributed by atoms with Crippen LogP contribution in [0.15, 0.2) is 6.07 Å². The van der Waals surface area contributed by atoms with E-state index in [0.717, 1.165) is 18.2 Å². The molecule has 1 aromatic heterocycles. The molecule has 0 atom stereocenters. The van der Waals surface area contributed by atoms with Crippen LogP contribution in [0.4, 0.5) is 24.9 Å². The summed E-state index contributed by atoms with van der Waals surface area (Å²) in [5.41, 5.74) is -0.939. The largest absolute Gasteiger partial charge is 0.433 e. The Labute approximate surface area is 114 Å². The maximum atomic E-state index is 12.7. The molecule has 0 saturated carbocycles. The molecule has 0 unspecified atom stereocenters. The van der Waals surface area contributed by atoms with Crippen LogP contribution in [-0.4, -0.2) is 35.1 Å². The van der Waals surface area contributed by atoms with Gasteiger partial charge in [-0.3, -0.25) is 0 Å². The van der Waals surface area contributed by atoms with Crippen LogP contribution in [-0.2, 0) is 6.18 Å². The van der Waals surface area contributed by atoms with Gasteiger partial charge in [0.2, 0.25) is 5.95 Å². The van der Waals surface area contributed by atoms with Gasteiger partial charge in [0, 0.05) is 19.2 Å². The summed E-state index contributed by atoms with van der Waals surface area (Å²) in [5.74, 6) is 1.13. The predicted molar refractivity (Wildman–Crippen MR) is 72.7 cm³/mol. The van der Waals surface area contributed by atoms with E-state index in [1.165, 1.54) is 0 Å². The van der Waals surface area contributed by atoms with E-state index >= 15 is 0 Å². The molecule has 0 aromatic carbocycles. The molecule has 0 amide bonds. The average molecular weight is 294 g/mol.